The zero-order chi connectivity index (χ0) is 20.4. The van der Waals surface area contributed by atoms with Gasteiger partial charge in [0.25, 0.3) is 0 Å². The molecule has 0 atom stereocenters. The van der Waals surface area contributed by atoms with Crippen molar-refractivity contribution in [2.75, 3.05) is 23.9 Å². The molecule has 4 rings (SSSR count). The molecule has 5 nitrogen and oxygen atoms in total. The van der Waals surface area contributed by atoms with Crippen LogP contribution in [0.4, 0.5) is 11.4 Å². The van der Waals surface area contributed by atoms with Gasteiger partial charge < -0.3 is 15.2 Å². The predicted octanol–water partition coefficient (Wildman–Crippen LogP) is 5.86. The zero-order valence-corrected chi connectivity index (χ0v) is 17.3. The molecular weight excluding hydrogens is 408 g/mol. The lowest BCUT2D eigenvalue weighted by Gasteiger charge is -2.20. The van der Waals surface area contributed by atoms with Crippen molar-refractivity contribution in [2.45, 2.75) is 6.42 Å². The van der Waals surface area contributed by atoms with Crippen molar-refractivity contribution in [2.24, 2.45) is 0 Å². The van der Waals surface area contributed by atoms with Gasteiger partial charge >= 0.3 is 5.97 Å². The van der Waals surface area contributed by atoms with Gasteiger partial charge in [-0.15, -0.1) is 0 Å². The number of hydrogen-bond acceptors (Lipinski definition) is 5. The Kier molecular flexibility index (Phi) is 5.65. The monoisotopic (exact) mass is 426 g/mol. The Bertz CT molecular complexity index is 1130. The molecular formula is C22H19ClN2O3S. The van der Waals surface area contributed by atoms with Crippen LogP contribution < -0.4 is 10.1 Å². The molecule has 3 aromatic rings. The molecule has 0 amide bonds. The third kappa shape index (κ3) is 4.04. The van der Waals surface area contributed by atoms with Crippen LogP contribution in [-0.4, -0.2) is 34.7 Å². The minimum Gasteiger partial charge on any atom is -0.497 e. The quantitative estimate of drug-likeness (QED) is 0.532. The van der Waals surface area contributed by atoms with E-state index in [2.05, 4.69) is 16.4 Å². The summed E-state index contributed by atoms with van der Waals surface area (Å²) >= 11 is 8.16. The summed E-state index contributed by atoms with van der Waals surface area (Å²) in [5.74, 6) is 1.45. The van der Waals surface area contributed by atoms with Crippen LogP contribution in [0, 0.1) is 0 Å². The number of pyridine rings is 1. The summed E-state index contributed by atoms with van der Waals surface area (Å²) in [4.78, 5) is 16.4. The van der Waals surface area contributed by atoms with Crippen molar-refractivity contribution in [3.05, 3.63) is 64.8 Å². The van der Waals surface area contributed by atoms with Crippen LogP contribution in [0.5, 0.6) is 5.75 Å². The lowest BCUT2D eigenvalue weighted by atomic mass is 9.99. The summed E-state index contributed by atoms with van der Waals surface area (Å²) in [6.45, 7) is 0. The second kappa shape index (κ2) is 8.35. The highest BCUT2D eigenvalue weighted by Crippen LogP contribution is 2.38. The highest BCUT2D eigenvalue weighted by atomic mass is 35.5. The Labute approximate surface area is 177 Å². The van der Waals surface area contributed by atoms with Crippen LogP contribution in [0.2, 0.25) is 5.02 Å². The summed E-state index contributed by atoms with van der Waals surface area (Å²) in [7, 11) is 1.51. The van der Waals surface area contributed by atoms with Gasteiger partial charge in [0.05, 0.1) is 29.6 Å². The third-order valence-electron chi connectivity index (χ3n) is 4.86. The van der Waals surface area contributed by atoms with Crippen molar-refractivity contribution in [1.29, 1.82) is 0 Å². The van der Waals surface area contributed by atoms with E-state index >= 15 is 0 Å². The molecule has 1 aromatic heterocycles. The number of anilines is 2. The van der Waals surface area contributed by atoms with Gasteiger partial charge in [0.1, 0.15) is 5.75 Å². The Morgan fingerprint density at radius 1 is 1.28 bits per heavy atom. The van der Waals surface area contributed by atoms with E-state index in [4.69, 9.17) is 16.3 Å². The average Bonchev–Trinajstić information content (AvgIpc) is 2.74. The van der Waals surface area contributed by atoms with E-state index in [1.807, 2.05) is 30.1 Å². The number of aromatic carboxylic acids is 1. The fourth-order valence-corrected chi connectivity index (χ4v) is 4.41. The number of nitrogens with one attached hydrogen (secondary N) is 1. The Hall–Kier alpha value is -2.70. The molecule has 0 aliphatic carbocycles. The highest BCUT2D eigenvalue weighted by molar-refractivity contribution is 7.99. The first kappa shape index (κ1) is 19.6. The number of hydrogen-bond donors (Lipinski definition) is 2. The summed E-state index contributed by atoms with van der Waals surface area (Å²) in [5.41, 5.74) is 4.38. The third-order valence-corrected chi connectivity index (χ3v) is 5.99. The molecule has 0 saturated heterocycles. The standard InChI is InChI=1S/C22H19ClN2O3S/c1-28-15-3-5-20(17(11-15)22(26)27)25-21-16-10-14(23)2-4-19(16)24-12-18(21)13-6-8-29-9-7-13/h2-6,10-12H,7-9H2,1H3,(H,24,25)(H,26,27). The van der Waals surface area contributed by atoms with Crippen molar-refractivity contribution >= 4 is 57.2 Å². The van der Waals surface area contributed by atoms with Crippen LogP contribution in [0.3, 0.4) is 0 Å². The first-order valence-corrected chi connectivity index (χ1v) is 10.6. The molecule has 0 bridgehead atoms. The van der Waals surface area contributed by atoms with Crippen LogP contribution in [0.25, 0.3) is 16.5 Å². The fraction of sp³-hybridized carbons (Fsp3) is 0.182. The number of aromatic nitrogens is 1. The summed E-state index contributed by atoms with van der Waals surface area (Å²) in [6.07, 6.45) is 4.99. The molecule has 7 heteroatoms. The second-order valence-electron chi connectivity index (χ2n) is 6.60. The molecule has 1 aliphatic rings. The Morgan fingerprint density at radius 3 is 2.86 bits per heavy atom. The Balaban J connectivity index is 1.91. The normalized spacial score (nSPS) is 13.8. The summed E-state index contributed by atoms with van der Waals surface area (Å²) in [5, 5.41) is 14.5. The number of thioether (sulfide) groups is 1. The number of allylic oxidation sites excluding steroid dienone is 1. The lowest BCUT2D eigenvalue weighted by molar-refractivity contribution is 0.0697. The maximum Gasteiger partial charge on any atom is 0.337 e. The number of methoxy groups -OCH3 is 1. The van der Waals surface area contributed by atoms with Gasteiger partial charge in [-0.1, -0.05) is 17.7 Å². The predicted molar refractivity (Wildman–Crippen MR) is 120 cm³/mol. The molecule has 0 spiro atoms. The molecule has 0 saturated carbocycles. The van der Waals surface area contributed by atoms with E-state index in [-0.39, 0.29) is 5.56 Å². The van der Waals surface area contributed by atoms with Gasteiger partial charge in [-0.3, -0.25) is 4.98 Å². The smallest absolute Gasteiger partial charge is 0.337 e. The number of halogens is 1. The number of fused-ring (bicyclic) bond motifs is 1. The molecule has 0 unspecified atom stereocenters. The van der Waals surface area contributed by atoms with Gasteiger partial charge in [0.2, 0.25) is 0 Å². The molecule has 2 heterocycles. The zero-order valence-electron chi connectivity index (χ0n) is 15.7. The number of rotatable bonds is 5. The second-order valence-corrected chi connectivity index (χ2v) is 8.19. The molecule has 29 heavy (non-hydrogen) atoms. The van der Waals surface area contributed by atoms with E-state index < -0.39 is 5.97 Å². The number of ether oxygens (including phenoxy) is 1. The minimum atomic E-state index is -1.03. The van der Waals surface area contributed by atoms with Crippen molar-refractivity contribution in [1.82, 2.24) is 4.98 Å². The minimum absolute atomic E-state index is 0.135. The van der Waals surface area contributed by atoms with Crippen molar-refractivity contribution < 1.29 is 14.6 Å². The largest absolute Gasteiger partial charge is 0.497 e. The van der Waals surface area contributed by atoms with E-state index in [1.165, 1.54) is 18.7 Å². The first-order valence-electron chi connectivity index (χ1n) is 9.10. The van der Waals surface area contributed by atoms with Crippen LogP contribution in [-0.2, 0) is 0 Å². The lowest BCUT2D eigenvalue weighted by Crippen LogP contribution is -2.06. The molecule has 0 fully saturated rings. The Morgan fingerprint density at radius 2 is 2.14 bits per heavy atom. The van der Waals surface area contributed by atoms with Crippen LogP contribution >= 0.6 is 23.4 Å². The molecule has 2 N–H and O–H groups in total. The van der Waals surface area contributed by atoms with Gasteiger partial charge in [-0.2, -0.15) is 11.8 Å². The van der Waals surface area contributed by atoms with Gasteiger partial charge in [-0.25, -0.2) is 4.79 Å². The van der Waals surface area contributed by atoms with E-state index in [0.717, 1.165) is 40.1 Å². The van der Waals surface area contributed by atoms with E-state index in [1.54, 1.807) is 18.2 Å². The fourth-order valence-electron chi connectivity index (χ4n) is 3.39. The van der Waals surface area contributed by atoms with Crippen molar-refractivity contribution in [3.63, 3.8) is 0 Å². The van der Waals surface area contributed by atoms with Crippen LogP contribution in [0.15, 0.2) is 48.7 Å². The van der Waals surface area contributed by atoms with E-state index in [9.17, 15) is 9.90 Å². The number of carbonyl (C=O) groups is 1. The van der Waals surface area contributed by atoms with Gasteiger partial charge in [-0.05, 0) is 54.1 Å². The first-order chi connectivity index (χ1) is 14.1. The van der Waals surface area contributed by atoms with Gasteiger partial charge in [0.15, 0.2) is 0 Å². The molecule has 0 radical (unpaired) electrons. The molecule has 1 aliphatic heterocycles. The molecule has 148 valence electrons. The topological polar surface area (TPSA) is 71.5 Å². The molecule has 2 aromatic carbocycles. The summed E-state index contributed by atoms with van der Waals surface area (Å²) < 4.78 is 5.19. The number of carboxylic acid groups (broad SMARTS) is 1. The number of carboxylic acids is 1. The van der Waals surface area contributed by atoms with Crippen molar-refractivity contribution in [3.8, 4) is 5.75 Å². The summed E-state index contributed by atoms with van der Waals surface area (Å²) in [6, 6.07) is 10.5. The number of benzene rings is 2. The number of nitrogens with zero attached hydrogens (tertiary/aromatic N) is 1. The SMILES string of the molecule is COc1ccc(Nc2c(C3=CCSCC3)cnc3ccc(Cl)cc23)c(C(=O)O)c1. The average molecular weight is 427 g/mol. The highest BCUT2D eigenvalue weighted by Gasteiger charge is 2.18. The van der Waals surface area contributed by atoms with Gasteiger partial charge in [0, 0.05) is 27.9 Å². The van der Waals surface area contributed by atoms with Crippen LogP contribution in [0.1, 0.15) is 22.3 Å². The maximum absolute atomic E-state index is 11.8. The maximum atomic E-state index is 11.8. The van der Waals surface area contributed by atoms with E-state index in [0.29, 0.717) is 16.5 Å².